The van der Waals surface area contributed by atoms with Gasteiger partial charge in [0.1, 0.15) is 0 Å². The third-order valence-corrected chi connectivity index (χ3v) is 3.84. The number of rotatable bonds is 2. The summed E-state index contributed by atoms with van der Waals surface area (Å²) in [6, 6.07) is 0. The normalized spacial score (nSPS) is 29.1. The molecule has 1 saturated heterocycles. The quantitative estimate of drug-likeness (QED) is 0.475. The van der Waals surface area contributed by atoms with Crippen molar-refractivity contribution in [2.75, 3.05) is 32.8 Å². The molecule has 0 spiro atoms. The molecular formula is C13H23F2N3O. The molecule has 6 heteroatoms. The Morgan fingerprint density at radius 1 is 1.32 bits per heavy atom. The Kier molecular flexibility index (Phi) is 4.96. The van der Waals surface area contributed by atoms with E-state index in [9.17, 15) is 8.78 Å². The molecule has 1 saturated carbocycles. The van der Waals surface area contributed by atoms with E-state index in [-0.39, 0.29) is 18.8 Å². The van der Waals surface area contributed by atoms with Gasteiger partial charge >= 0.3 is 0 Å². The van der Waals surface area contributed by atoms with E-state index in [4.69, 9.17) is 10.5 Å². The van der Waals surface area contributed by atoms with E-state index < -0.39 is 5.92 Å². The first kappa shape index (κ1) is 14.5. The fourth-order valence-electron chi connectivity index (χ4n) is 2.71. The second-order valence-electron chi connectivity index (χ2n) is 5.47. The van der Waals surface area contributed by atoms with Crippen LogP contribution in [-0.4, -0.2) is 49.6 Å². The summed E-state index contributed by atoms with van der Waals surface area (Å²) in [5.74, 6) is -2.10. The standard InChI is InChI=1S/C13H23F2N3O/c14-13(15)4-2-1-3-11(9-13)10-17-12(16)18-5-7-19-8-6-18/h11H,1-10H2,(H2,16,17). The monoisotopic (exact) mass is 275 g/mol. The molecule has 1 heterocycles. The lowest BCUT2D eigenvalue weighted by molar-refractivity contribution is -0.0241. The van der Waals surface area contributed by atoms with Gasteiger partial charge in [-0.15, -0.1) is 0 Å². The van der Waals surface area contributed by atoms with E-state index in [1.807, 2.05) is 4.90 Å². The van der Waals surface area contributed by atoms with Gasteiger partial charge in [-0.3, -0.25) is 4.99 Å². The van der Waals surface area contributed by atoms with E-state index in [0.717, 1.165) is 25.9 Å². The summed E-state index contributed by atoms with van der Waals surface area (Å²) in [7, 11) is 0. The summed E-state index contributed by atoms with van der Waals surface area (Å²) in [5.41, 5.74) is 5.91. The van der Waals surface area contributed by atoms with Crippen molar-refractivity contribution in [2.24, 2.45) is 16.6 Å². The molecule has 1 unspecified atom stereocenters. The van der Waals surface area contributed by atoms with Crippen LogP contribution in [-0.2, 0) is 4.74 Å². The predicted molar refractivity (Wildman–Crippen MR) is 70.4 cm³/mol. The van der Waals surface area contributed by atoms with E-state index in [1.54, 1.807) is 0 Å². The largest absolute Gasteiger partial charge is 0.378 e. The third kappa shape index (κ3) is 4.60. The maximum Gasteiger partial charge on any atom is 0.248 e. The Bertz CT molecular complexity index is 317. The van der Waals surface area contributed by atoms with Gasteiger partial charge in [0.15, 0.2) is 5.96 Å². The van der Waals surface area contributed by atoms with Crippen molar-refractivity contribution in [3.63, 3.8) is 0 Å². The molecule has 4 nitrogen and oxygen atoms in total. The summed E-state index contributed by atoms with van der Waals surface area (Å²) < 4.78 is 32.2. The molecule has 0 amide bonds. The van der Waals surface area contributed by atoms with Crippen molar-refractivity contribution in [3.05, 3.63) is 0 Å². The van der Waals surface area contributed by atoms with Crippen LogP contribution in [0.15, 0.2) is 4.99 Å². The van der Waals surface area contributed by atoms with E-state index in [1.165, 1.54) is 0 Å². The fourth-order valence-corrected chi connectivity index (χ4v) is 2.71. The summed E-state index contributed by atoms with van der Waals surface area (Å²) in [5, 5.41) is 0. The van der Waals surface area contributed by atoms with Gasteiger partial charge in [-0.25, -0.2) is 8.78 Å². The zero-order chi connectivity index (χ0) is 13.7. The Morgan fingerprint density at radius 3 is 2.79 bits per heavy atom. The maximum absolute atomic E-state index is 13.5. The number of morpholine rings is 1. The highest BCUT2D eigenvalue weighted by atomic mass is 19.3. The van der Waals surface area contributed by atoms with Crippen LogP contribution in [0.3, 0.4) is 0 Å². The molecule has 1 aliphatic carbocycles. The molecule has 0 bridgehead atoms. The number of nitrogens with two attached hydrogens (primary N) is 1. The van der Waals surface area contributed by atoms with Gasteiger partial charge in [-0.05, 0) is 18.8 Å². The smallest absolute Gasteiger partial charge is 0.248 e. The van der Waals surface area contributed by atoms with Crippen LogP contribution >= 0.6 is 0 Å². The number of ether oxygens (including phenoxy) is 1. The summed E-state index contributed by atoms with van der Waals surface area (Å²) >= 11 is 0. The number of guanidine groups is 1. The zero-order valence-electron chi connectivity index (χ0n) is 11.3. The van der Waals surface area contributed by atoms with Crippen LogP contribution < -0.4 is 5.73 Å². The average molecular weight is 275 g/mol. The number of aliphatic imine (C=N–C) groups is 1. The highest BCUT2D eigenvalue weighted by Crippen LogP contribution is 2.35. The van der Waals surface area contributed by atoms with Crippen molar-refractivity contribution in [3.8, 4) is 0 Å². The molecule has 0 radical (unpaired) electrons. The minimum Gasteiger partial charge on any atom is -0.378 e. The minimum absolute atomic E-state index is 0.0200. The van der Waals surface area contributed by atoms with Crippen molar-refractivity contribution in [1.82, 2.24) is 4.90 Å². The molecule has 0 aromatic heterocycles. The highest BCUT2D eigenvalue weighted by molar-refractivity contribution is 5.78. The Balaban J connectivity index is 1.85. The second-order valence-corrected chi connectivity index (χ2v) is 5.47. The van der Waals surface area contributed by atoms with Gasteiger partial charge in [0.25, 0.3) is 0 Å². The lowest BCUT2D eigenvalue weighted by Gasteiger charge is -2.28. The van der Waals surface area contributed by atoms with Gasteiger partial charge in [-0.1, -0.05) is 6.42 Å². The third-order valence-electron chi connectivity index (χ3n) is 3.84. The Hall–Kier alpha value is -0.910. The molecule has 0 aromatic rings. The van der Waals surface area contributed by atoms with Gasteiger partial charge in [0.2, 0.25) is 5.92 Å². The van der Waals surface area contributed by atoms with Crippen LogP contribution in [0.4, 0.5) is 8.78 Å². The molecule has 2 N–H and O–H groups in total. The van der Waals surface area contributed by atoms with Crippen LogP contribution in [0.25, 0.3) is 0 Å². The van der Waals surface area contributed by atoms with E-state index in [2.05, 4.69) is 4.99 Å². The SMILES string of the molecule is NC(=NCC1CCCCC(F)(F)C1)N1CCOCC1. The van der Waals surface area contributed by atoms with Crippen molar-refractivity contribution in [1.29, 1.82) is 0 Å². The maximum atomic E-state index is 13.5. The van der Waals surface area contributed by atoms with Crippen LogP contribution in [0.5, 0.6) is 0 Å². The van der Waals surface area contributed by atoms with Gasteiger partial charge in [0.05, 0.1) is 13.2 Å². The van der Waals surface area contributed by atoms with Crippen molar-refractivity contribution >= 4 is 5.96 Å². The number of hydrogen-bond donors (Lipinski definition) is 1. The number of hydrogen-bond acceptors (Lipinski definition) is 2. The summed E-state index contributed by atoms with van der Waals surface area (Å²) in [6.45, 7) is 3.18. The summed E-state index contributed by atoms with van der Waals surface area (Å²) in [4.78, 5) is 6.27. The van der Waals surface area contributed by atoms with Crippen LogP contribution in [0, 0.1) is 5.92 Å². The second kappa shape index (κ2) is 6.50. The van der Waals surface area contributed by atoms with Crippen molar-refractivity contribution in [2.45, 2.75) is 38.0 Å². The number of halogens is 2. The van der Waals surface area contributed by atoms with Gasteiger partial charge in [-0.2, -0.15) is 0 Å². The molecule has 2 aliphatic rings. The van der Waals surface area contributed by atoms with E-state index >= 15 is 0 Å². The first-order chi connectivity index (χ1) is 9.07. The number of alkyl halides is 2. The Morgan fingerprint density at radius 2 is 2.05 bits per heavy atom. The molecule has 2 rings (SSSR count). The topological polar surface area (TPSA) is 50.8 Å². The average Bonchev–Trinajstić information content (AvgIpc) is 2.57. The summed E-state index contributed by atoms with van der Waals surface area (Å²) in [6.07, 6.45) is 2.29. The minimum atomic E-state index is -2.52. The molecule has 110 valence electrons. The molecule has 2 fully saturated rings. The zero-order valence-corrected chi connectivity index (χ0v) is 11.3. The van der Waals surface area contributed by atoms with Gasteiger partial charge < -0.3 is 15.4 Å². The molecule has 1 aliphatic heterocycles. The number of nitrogens with zero attached hydrogens (tertiary/aromatic N) is 2. The van der Waals surface area contributed by atoms with E-state index in [0.29, 0.717) is 32.1 Å². The molecular weight excluding hydrogens is 252 g/mol. The van der Waals surface area contributed by atoms with Crippen LogP contribution in [0.2, 0.25) is 0 Å². The molecule has 19 heavy (non-hydrogen) atoms. The first-order valence-electron chi connectivity index (χ1n) is 7.07. The van der Waals surface area contributed by atoms with Crippen LogP contribution in [0.1, 0.15) is 32.1 Å². The Labute approximate surface area is 113 Å². The first-order valence-corrected chi connectivity index (χ1v) is 7.07. The van der Waals surface area contributed by atoms with Crippen molar-refractivity contribution < 1.29 is 13.5 Å². The van der Waals surface area contributed by atoms with Gasteiger partial charge in [0, 0.05) is 32.5 Å². The predicted octanol–water partition coefficient (Wildman–Crippen LogP) is 1.85. The molecule has 1 atom stereocenters. The lowest BCUT2D eigenvalue weighted by atomic mass is 9.99. The fraction of sp³-hybridized carbons (Fsp3) is 0.923. The molecule has 0 aromatic carbocycles. The lowest BCUT2D eigenvalue weighted by Crippen LogP contribution is -2.45. The highest BCUT2D eigenvalue weighted by Gasteiger charge is 2.34.